The van der Waals surface area contributed by atoms with Crippen LogP contribution in [0.15, 0.2) is 16.7 Å². The van der Waals surface area contributed by atoms with E-state index < -0.39 is 0 Å². The molecular weight excluding hydrogens is 150 g/mol. The topological polar surface area (TPSA) is 26.0 Å². The number of aryl methyl sites for hydroxylation is 1. The van der Waals surface area contributed by atoms with E-state index in [2.05, 4.69) is 11.1 Å². The molecule has 0 atom stereocenters. The molecule has 0 saturated carbocycles. The summed E-state index contributed by atoms with van der Waals surface area (Å²) < 4.78 is 5.44. The molecule has 0 saturated heterocycles. The second-order valence-corrected chi connectivity index (χ2v) is 3.25. The van der Waals surface area contributed by atoms with Crippen molar-refractivity contribution in [3.63, 3.8) is 0 Å². The highest BCUT2D eigenvalue weighted by molar-refractivity contribution is 5.58. The lowest BCUT2D eigenvalue weighted by atomic mass is 10.00. The summed E-state index contributed by atoms with van der Waals surface area (Å²) in [5, 5.41) is 0. The maximum absolute atomic E-state index is 5.44. The second-order valence-electron chi connectivity index (χ2n) is 3.25. The standard InChI is InChI=1S/C10H13NO/c1-8-7-11-10(12-8)9-5-3-2-4-6-9/h5,7H,2-4,6H2,1H3. The van der Waals surface area contributed by atoms with E-state index in [0.29, 0.717) is 0 Å². The Kier molecular flexibility index (Phi) is 1.98. The third-order valence-corrected chi connectivity index (χ3v) is 2.19. The molecule has 12 heavy (non-hydrogen) atoms. The van der Waals surface area contributed by atoms with Gasteiger partial charge < -0.3 is 4.42 Å². The Bertz CT molecular complexity index is 299. The minimum atomic E-state index is 0.826. The van der Waals surface area contributed by atoms with Crippen LogP contribution in [-0.2, 0) is 0 Å². The molecule has 0 amide bonds. The quantitative estimate of drug-likeness (QED) is 0.636. The van der Waals surface area contributed by atoms with Gasteiger partial charge in [-0.15, -0.1) is 0 Å². The van der Waals surface area contributed by atoms with Crippen LogP contribution in [0, 0.1) is 6.92 Å². The van der Waals surface area contributed by atoms with Gasteiger partial charge in [0.15, 0.2) is 0 Å². The molecule has 0 bridgehead atoms. The first kappa shape index (κ1) is 7.59. The van der Waals surface area contributed by atoms with Gasteiger partial charge in [0.05, 0.1) is 6.20 Å². The molecule has 0 N–H and O–H groups in total. The molecule has 0 aliphatic heterocycles. The minimum Gasteiger partial charge on any atom is -0.442 e. The van der Waals surface area contributed by atoms with Crippen LogP contribution in [0.3, 0.4) is 0 Å². The average Bonchev–Trinajstić information content (AvgIpc) is 2.54. The lowest BCUT2D eigenvalue weighted by Crippen LogP contribution is -1.91. The molecule has 0 spiro atoms. The average molecular weight is 163 g/mol. The van der Waals surface area contributed by atoms with Gasteiger partial charge in [0.25, 0.3) is 0 Å². The van der Waals surface area contributed by atoms with Crippen molar-refractivity contribution in [3.8, 4) is 0 Å². The Morgan fingerprint density at radius 1 is 1.42 bits per heavy atom. The lowest BCUT2D eigenvalue weighted by molar-refractivity contribution is 0.507. The number of nitrogens with zero attached hydrogens (tertiary/aromatic N) is 1. The maximum atomic E-state index is 5.44. The van der Waals surface area contributed by atoms with E-state index in [9.17, 15) is 0 Å². The number of aromatic nitrogens is 1. The highest BCUT2D eigenvalue weighted by Gasteiger charge is 2.10. The van der Waals surface area contributed by atoms with Crippen LogP contribution >= 0.6 is 0 Å². The fraction of sp³-hybridized carbons (Fsp3) is 0.500. The van der Waals surface area contributed by atoms with Crippen molar-refractivity contribution in [1.82, 2.24) is 4.98 Å². The molecule has 1 aliphatic carbocycles. The van der Waals surface area contributed by atoms with Crippen molar-refractivity contribution >= 4 is 5.57 Å². The van der Waals surface area contributed by atoms with Crippen LogP contribution in [0.2, 0.25) is 0 Å². The van der Waals surface area contributed by atoms with E-state index in [4.69, 9.17) is 4.42 Å². The molecule has 1 aliphatic rings. The monoisotopic (exact) mass is 163 g/mol. The Morgan fingerprint density at radius 2 is 2.33 bits per heavy atom. The number of hydrogen-bond donors (Lipinski definition) is 0. The first-order valence-corrected chi connectivity index (χ1v) is 4.48. The van der Waals surface area contributed by atoms with E-state index >= 15 is 0 Å². The number of rotatable bonds is 1. The summed E-state index contributed by atoms with van der Waals surface area (Å²) in [5.74, 6) is 1.73. The predicted molar refractivity (Wildman–Crippen MR) is 47.7 cm³/mol. The van der Waals surface area contributed by atoms with Crippen molar-refractivity contribution < 1.29 is 4.42 Å². The second kappa shape index (κ2) is 3.13. The highest BCUT2D eigenvalue weighted by atomic mass is 16.4. The Balaban J connectivity index is 2.23. The van der Waals surface area contributed by atoms with Crippen LogP contribution in [0.5, 0.6) is 0 Å². The molecule has 64 valence electrons. The van der Waals surface area contributed by atoms with Crippen molar-refractivity contribution in [1.29, 1.82) is 0 Å². The molecule has 1 aromatic heterocycles. The lowest BCUT2D eigenvalue weighted by Gasteiger charge is -2.08. The zero-order valence-electron chi connectivity index (χ0n) is 7.34. The predicted octanol–water partition coefficient (Wildman–Crippen LogP) is 2.94. The Morgan fingerprint density at radius 3 is 2.92 bits per heavy atom. The van der Waals surface area contributed by atoms with Gasteiger partial charge in [0, 0.05) is 5.57 Å². The number of oxazole rings is 1. The van der Waals surface area contributed by atoms with E-state index in [1.807, 2.05) is 6.92 Å². The summed E-state index contributed by atoms with van der Waals surface area (Å²) in [4.78, 5) is 4.20. The maximum Gasteiger partial charge on any atom is 0.221 e. The summed E-state index contributed by atoms with van der Waals surface area (Å²) in [6.07, 6.45) is 8.91. The molecule has 2 rings (SSSR count). The van der Waals surface area contributed by atoms with Gasteiger partial charge in [0.1, 0.15) is 5.76 Å². The van der Waals surface area contributed by atoms with E-state index in [1.165, 1.54) is 24.8 Å². The van der Waals surface area contributed by atoms with E-state index in [1.54, 1.807) is 6.20 Å². The first-order chi connectivity index (χ1) is 5.86. The van der Waals surface area contributed by atoms with Gasteiger partial charge in [-0.2, -0.15) is 0 Å². The van der Waals surface area contributed by atoms with Crippen LogP contribution in [0.1, 0.15) is 37.3 Å². The van der Waals surface area contributed by atoms with Gasteiger partial charge in [-0.05, 0) is 32.6 Å². The highest BCUT2D eigenvalue weighted by Crippen LogP contribution is 2.25. The van der Waals surface area contributed by atoms with Crippen molar-refractivity contribution in [2.75, 3.05) is 0 Å². The van der Waals surface area contributed by atoms with Gasteiger partial charge in [-0.1, -0.05) is 6.08 Å². The first-order valence-electron chi connectivity index (χ1n) is 4.48. The molecule has 0 fully saturated rings. The molecule has 1 heterocycles. The largest absolute Gasteiger partial charge is 0.442 e. The van der Waals surface area contributed by atoms with Crippen LogP contribution in [0.25, 0.3) is 5.57 Å². The van der Waals surface area contributed by atoms with Crippen molar-refractivity contribution in [2.45, 2.75) is 32.6 Å². The summed E-state index contributed by atoms with van der Waals surface area (Å²) in [6, 6.07) is 0. The summed E-state index contributed by atoms with van der Waals surface area (Å²) in [6.45, 7) is 1.93. The van der Waals surface area contributed by atoms with Crippen LogP contribution < -0.4 is 0 Å². The van der Waals surface area contributed by atoms with Gasteiger partial charge in [-0.25, -0.2) is 4.98 Å². The van der Waals surface area contributed by atoms with Crippen molar-refractivity contribution in [3.05, 3.63) is 23.9 Å². The fourth-order valence-corrected chi connectivity index (χ4v) is 1.54. The molecule has 1 aromatic rings. The number of allylic oxidation sites excluding steroid dienone is 2. The number of hydrogen-bond acceptors (Lipinski definition) is 2. The fourth-order valence-electron chi connectivity index (χ4n) is 1.54. The van der Waals surface area contributed by atoms with Crippen LogP contribution in [-0.4, -0.2) is 4.98 Å². The molecule has 2 nitrogen and oxygen atoms in total. The summed E-state index contributed by atoms with van der Waals surface area (Å²) in [7, 11) is 0. The van der Waals surface area contributed by atoms with E-state index in [-0.39, 0.29) is 0 Å². The Labute approximate surface area is 72.3 Å². The molecule has 0 radical (unpaired) electrons. The normalized spacial score (nSPS) is 17.6. The third kappa shape index (κ3) is 1.42. The Hall–Kier alpha value is -1.05. The van der Waals surface area contributed by atoms with Crippen LogP contribution in [0.4, 0.5) is 0 Å². The molecule has 2 heteroatoms. The molecule has 0 aromatic carbocycles. The van der Waals surface area contributed by atoms with Crippen molar-refractivity contribution in [2.24, 2.45) is 0 Å². The third-order valence-electron chi connectivity index (χ3n) is 2.19. The zero-order chi connectivity index (χ0) is 8.39. The van der Waals surface area contributed by atoms with E-state index in [0.717, 1.165) is 18.1 Å². The molecular formula is C10H13NO. The van der Waals surface area contributed by atoms with Gasteiger partial charge >= 0.3 is 0 Å². The summed E-state index contributed by atoms with van der Waals surface area (Å²) in [5.41, 5.74) is 1.29. The van der Waals surface area contributed by atoms with Gasteiger partial charge in [-0.3, -0.25) is 0 Å². The molecule has 0 unspecified atom stereocenters. The summed E-state index contributed by atoms with van der Waals surface area (Å²) >= 11 is 0. The smallest absolute Gasteiger partial charge is 0.221 e. The minimum absolute atomic E-state index is 0.826. The van der Waals surface area contributed by atoms with Gasteiger partial charge in [0.2, 0.25) is 5.89 Å². The zero-order valence-corrected chi connectivity index (χ0v) is 7.34. The SMILES string of the molecule is Cc1cnc(C2=CCCCC2)o1.